The number of carbonyl (C=O) groups excluding carboxylic acids is 1. The molecule has 0 saturated heterocycles. The molecule has 1 N–H and O–H groups in total. The molecule has 144 valence electrons. The van der Waals surface area contributed by atoms with Crippen LogP contribution in [0.5, 0.6) is 0 Å². The van der Waals surface area contributed by atoms with Crippen molar-refractivity contribution in [3.8, 4) is 0 Å². The van der Waals surface area contributed by atoms with Gasteiger partial charge < -0.3 is 10.2 Å². The third-order valence-electron chi connectivity index (χ3n) is 4.33. The molecule has 6 heteroatoms. The van der Waals surface area contributed by atoms with Crippen molar-refractivity contribution in [2.75, 3.05) is 18.0 Å². The van der Waals surface area contributed by atoms with Gasteiger partial charge in [-0.15, -0.1) is 0 Å². The second-order valence-electron chi connectivity index (χ2n) is 6.37. The van der Waals surface area contributed by atoms with Crippen LogP contribution in [-0.4, -0.2) is 29.0 Å². The van der Waals surface area contributed by atoms with Crippen molar-refractivity contribution >= 4 is 29.0 Å². The standard InChI is InChI=1S/C22H23ClN4O/c1-3-27(19-7-5-4-6-8-19)21-15-20(25-16(2)26-21)22(28)24-14-13-17-9-11-18(23)12-10-17/h4-12,15H,3,13-14H2,1-2H3,(H,24,28). The van der Waals surface area contributed by atoms with Crippen molar-refractivity contribution in [1.82, 2.24) is 15.3 Å². The van der Waals surface area contributed by atoms with Crippen molar-refractivity contribution in [1.29, 1.82) is 0 Å². The van der Waals surface area contributed by atoms with Gasteiger partial charge in [0.15, 0.2) is 0 Å². The number of carbonyl (C=O) groups is 1. The number of amides is 1. The van der Waals surface area contributed by atoms with E-state index in [-0.39, 0.29) is 5.91 Å². The van der Waals surface area contributed by atoms with Gasteiger partial charge in [0, 0.05) is 29.9 Å². The highest BCUT2D eigenvalue weighted by Gasteiger charge is 2.15. The summed E-state index contributed by atoms with van der Waals surface area (Å²) in [5.74, 6) is 1.07. The average Bonchev–Trinajstić information content (AvgIpc) is 2.70. The van der Waals surface area contributed by atoms with E-state index in [1.165, 1.54) is 0 Å². The number of para-hydroxylation sites is 1. The molecule has 1 heterocycles. The lowest BCUT2D eigenvalue weighted by atomic mass is 10.1. The van der Waals surface area contributed by atoms with Crippen LogP contribution in [0, 0.1) is 6.92 Å². The van der Waals surface area contributed by atoms with E-state index in [1.807, 2.05) is 54.6 Å². The Morgan fingerprint density at radius 3 is 2.46 bits per heavy atom. The molecule has 0 unspecified atom stereocenters. The number of aryl methyl sites for hydroxylation is 1. The van der Waals surface area contributed by atoms with Crippen LogP contribution in [0.25, 0.3) is 0 Å². The zero-order valence-electron chi connectivity index (χ0n) is 16.0. The molecule has 0 aliphatic rings. The van der Waals surface area contributed by atoms with Crippen molar-refractivity contribution in [2.24, 2.45) is 0 Å². The molecule has 0 bridgehead atoms. The van der Waals surface area contributed by atoms with Crippen molar-refractivity contribution in [2.45, 2.75) is 20.3 Å². The first kappa shape index (κ1) is 19.8. The van der Waals surface area contributed by atoms with Crippen LogP contribution in [-0.2, 0) is 6.42 Å². The number of hydrogen-bond donors (Lipinski definition) is 1. The zero-order valence-corrected chi connectivity index (χ0v) is 16.8. The number of nitrogens with one attached hydrogen (secondary N) is 1. The number of benzene rings is 2. The number of hydrogen-bond acceptors (Lipinski definition) is 4. The predicted octanol–water partition coefficient (Wildman–Crippen LogP) is 4.57. The third kappa shape index (κ3) is 5.08. The van der Waals surface area contributed by atoms with Gasteiger partial charge in [0.2, 0.25) is 0 Å². The van der Waals surface area contributed by atoms with E-state index in [4.69, 9.17) is 11.6 Å². The summed E-state index contributed by atoms with van der Waals surface area (Å²) in [4.78, 5) is 23.5. The van der Waals surface area contributed by atoms with Gasteiger partial charge in [0.25, 0.3) is 5.91 Å². The first-order valence-corrected chi connectivity index (χ1v) is 9.65. The molecule has 1 amide bonds. The van der Waals surface area contributed by atoms with E-state index in [2.05, 4.69) is 27.1 Å². The average molecular weight is 395 g/mol. The molecule has 5 nitrogen and oxygen atoms in total. The molecule has 3 aromatic rings. The second-order valence-corrected chi connectivity index (χ2v) is 6.81. The molecule has 0 spiro atoms. The number of nitrogens with zero attached hydrogens (tertiary/aromatic N) is 3. The monoisotopic (exact) mass is 394 g/mol. The molecule has 2 aromatic carbocycles. The molecule has 28 heavy (non-hydrogen) atoms. The Kier molecular flexibility index (Phi) is 6.61. The summed E-state index contributed by atoms with van der Waals surface area (Å²) >= 11 is 5.90. The minimum atomic E-state index is -0.204. The maximum atomic E-state index is 12.6. The lowest BCUT2D eigenvalue weighted by Crippen LogP contribution is -2.27. The van der Waals surface area contributed by atoms with E-state index in [9.17, 15) is 4.79 Å². The smallest absolute Gasteiger partial charge is 0.270 e. The molecule has 0 atom stereocenters. The fraction of sp³-hybridized carbons (Fsp3) is 0.227. The van der Waals surface area contributed by atoms with Crippen LogP contribution < -0.4 is 10.2 Å². The van der Waals surface area contributed by atoms with E-state index in [0.29, 0.717) is 28.9 Å². The largest absolute Gasteiger partial charge is 0.350 e. The lowest BCUT2D eigenvalue weighted by molar-refractivity contribution is 0.0948. The predicted molar refractivity (Wildman–Crippen MR) is 113 cm³/mol. The molecule has 0 fully saturated rings. The zero-order chi connectivity index (χ0) is 19.9. The second kappa shape index (κ2) is 9.33. The van der Waals surface area contributed by atoms with Crippen LogP contribution in [0.4, 0.5) is 11.5 Å². The molecule has 0 saturated carbocycles. The summed E-state index contributed by atoms with van der Waals surface area (Å²) in [6, 6.07) is 19.3. The molecule has 0 aliphatic heterocycles. The number of anilines is 2. The summed E-state index contributed by atoms with van der Waals surface area (Å²) in [5.41, 5.74) is 2.51. The van der Waals surface area contributed by atoms with Gasteiger partial charge in [-0.2, -0.15) is 0 Å². The third-order valence-corrected chi connectivity index (χ3v) is 4.58. The Morgan fingerprint density at radius 1 is 1.07 bits per heavy atom. The van der Waals surface area contributed by atoms with Gasteiger partial charge in [-0.1, -0.05) is 41.9 Å². The van der Waals surface area contributed by atoms with E-state index >= 15 is 0 Å². The first-order chi connectivity index (χ1) is 13.6. The van der Waals surface area contributed by atoms with Crippen LogP contribution in [0.15, 0.2) is 60.7 Å². The minimum absolute atomic E-state index is 0.204. The molecule has 3 rings (SSSR count). The van der Waals surface area contributed by atoms with E-state index < -0.39 is 0 Å². The summed E-state index contributed by atoms with van der Waals surface area (Å²) in [6.07, 6.45) is 0.727. The van der Waals surface area contributed by atoms with Gasteiger partial charge in [0.1, 0.15) is 17.3 Å². The SMILES string of the molecule is CCN(c1ccccc1)c1cc(C(=O)NCCc2ccc(Cl)cc2)nc(C)n1. The van der Waals surface area contributed by atoms with Crippen molar-refractivity contribution in [3.05, 3.63) is 82.8 Å². The summed E-state index contributed by atoms with van der Waals surface area (Å²) in [5, 5.41) is 3.64. The van der Waals surface area contributed by atoms with Crippen molar-refractivity contribution < 1.29 is 4.79 Å². The Bertz CT molecular complexity index is 929. The number of aromatic nitrogens is 2. The summed E-state index contributed by atoms with van der Waals surface area (Å²) < 4.78 is 0. The number of rotatable bonds is 7. The van der Waals surface area contributed by atoms with Gasteiger partial charge >= 0.3 is 0 Å². The van der Waals surface area contributed by atoms with Gasteiger partial charge in [0.05, 0.1) is 0 Å². The Balaban J connectivity index is 1.71. The van der Waals surface area contributed by atoms with Crippen LogP contribution in [0.2, 0.25) is 5.02 Å². The minimum Gasteiger partial charge on any atom is -0.350 e. The molecule has 0 radical (unpaired) electrons. The fourth-order valence-corrected chi connectivity index (χ4v) is 3.08. The summed E-state index contributed by atoms with van der Waals surface area (Å²) in [7, 11) is 0. The highest BCUT2D eigenvalue weighted by molar-refractivity contribution is 6.30. The maximum Gasteiger partial charge on any atom is 0.270 e. The molecular weight excluding hydrogens is 372 g/mol. The highest BCUT2D eigenvalue weighted by Crippen LogP contribution is 2.23. The number of halogens is 1. The molecule has 0 aliphatic carbocycles. The Morgan fingerprint density at radius 2 is 1.79 bits per heavy atom. The first-order valence-electron chi connectivity index (χ1n) is 9.27. The molecule has 1 aromatic heterocycles. The lowest BCUT2D eigenvalue weighted by Gasteiger charge is -2.22. The van der Waals surface area contributed by atoms with Crippen molar-refractivity contribution in [3.63, 3.8) is 0 Å². The van der Waals surface area contributed by atoms with Crippen LogP contribution in [0.1, 0.15) is 28.8 Å². The molecular formula is C22H23ClN4O. The normalized spacial score (nSPS) is 10.5. The Labute approximate surface area is 170 Å². The Hall–Kier alpha value is -2.92. The van der Waals surface area contributed by atoms with Crippen LogP contribution in [0.3, 0.4) is 0 Å². The quantitative estimate of drug-likeness (QED) is 0.637. The fourth-order valence-electron chi connectivity index (χ4n) is 2.95. The van der Waals surface area contributed by atoms with E-state index in [0.717, 1.165) is 24.2 Å². The maximum absolute atomic E-state index is 12.6. The topological polar surface area (TPSA) is 58.1 Å². The van der Waals surface area contributed by atoms with Gasteiger partial charge in [-0.25, -0.2) is 9.97 Å². The van der Waals surface area contributed by atoms with Crippen LogP contribution >= 0.6 is 11.6 Å². The summed E-state index contributed by atoms with van der Waals surface area (Å²) in [6.45, 7) is 5.11. The highest BCUT2D eigenvalue weighted by atomic mass is 35.5. The van der Waals surface area contributed by atoms with Gasteiger partial charge in [-0.3, -0.25) is 4.79 Å². The van der Waals surface area contributed by atoms with Gasteiger partial charge in [-0.05, 0) is 50.1 Å². The van der Waals surface area contributed by atoms with E-state index in [1.54, 1.807) is 13.0 Å².